The third kappa shape index (κ3) is 9.09. The van der Waals surface area contributed by atoms with E-state index in [1.165, 1.54) is 35.2 Å². The fourth-order valence-corrected chi connectivity index (χ4v) is 7.37. The number of carbonyl (C=O) groups is 4. The number of benzene rings is 1. The second-order valence-electron chi connectivity index (χ2n) is 15.6. The Kier molecular flexibility index (Phi) is 10.9. The normalized spacial score (nSPS) is 19.5. The molecule has 0 radical (unpaired) electrons. The molecule has 3 N–H and O–H groups in total. The van der Waals surface area contributed by atoms with E-state index in [0.717, 1.165) is 0 Å². The van der Waals surface area contributed by atoms with Crippen LogP contribution in [-0.2, 0) is 29.1 Å². The van der Waals surface area contributed by atoms with Crippen molar-refractivity contribution in [3.05, 3.63) is 49.6 Å². The Morgan fingerprint density at radius 2 is 1.72 bits per heavy atom. The van der Waals surface area contributed by atoms with Crippen molar-refractivity contribution in [3.63, 3.8) is 0 Å². The molecular formula is C35H47N9O8S. The molecule has 5 rings (SSSR count). The molecule has 1 saturated heterocycles. The van der Waals surface area contributed by atoms with Crippen LogP contribution in [-0.4, -0.2) is 103 Å². The maximum Gasteiger partial charge on any atom is 0.408 e. The van der Waals surface area contributed by atoms with Crippen LogP contribution in [0.2, 0.25) is 0 Å². The SMILES string of the molecule is C=CC[C@](C)(NC(=O)[C@@H]1C[C@@H](Oc2nnc(-n3cncn3)c3ccccc23)CN1C(=O)[C@@H](NC(=O)OC(C)(C)C)C(C)(C)C)C(=O)NS(=O)(=O)C1CC1. The quantitative estimate of drug-likeness (QED) is 0.228. The fraction of sp³-hybridized carbons (Fsp3) is 0.543. The molecule has 1 aliphatic heterocycles. The number of sulfonamides is 1. The van der Waals surface area contributed by atoms with Gasteiger partial charge in [-0.2, -0.15) is 5.10 Å². The highest BCUT2D eigenvalue weighted by Crippen LogP contribution is 2.32. The minimum Gasteiger partial charge on any atom is -0.471 e. The van der Waals surface area contributed by atoms with Crippen molar-refractivity contribution in [2.24, 2.45) is 5.41 Å². The average Bonchev–Trinajstić information content (AvgIpc) is 3.63. The number of hydrogen-bond donors (Lipinski definition) is 3. The lowest BCUT2D eigenvalue weighted by atomic mass is 9.85. The summed E-state index contributed by atoms with van der Waals surface area (Å²) in [4.78, 5) is 60.4. The Balaban J connectivity index is 1.47. The molecular weight excluding hydrogens is 707 g/mol. The van der Waals surface area contributed by atoms with Crippen molar-refractivity contribution in [1.29, 1.82) is 0 Å². The zero-order valence-corrected chi connectivity index (χ0v) is 31.8. The number of alkyl carbamates (subject to hydrolysis) is 1. The Bertz CT molecular complexity index is 1990. The highest BCUT2D eigenvalue weighted by molar-refractivity contribution is 7.91. The summed E-state index contributed by atoms with van der Waals surface area (Å²) in [5.41, 5.74) is -3.44. The molecule has 2 aromatic heterocycles. The Morgan fingerprint density at radius 3 is 2.30 bits per heavy atom. The first-order valence-corrected chi connectivity index (χ1v) is 18.8. The number of hydrogen-bond acceptors (Lipinski definition) is 12. The van der Waals surface area contributed by atoms with Gasteiger partial charge in [0.05, 0.1) is 11.8 Å². The predicted octanol–water partition coefficient (Wildman–Crippen LogP) is 2.56. The summed E-state index contributed by atoms with van der Waals surface area (Å²) in [5, 5.41) is 18.7. The van der Waals surface area contributed by atoms with E-state index in [2.05, 4.69) is 42.2 Å². The third-order valence-electron chi connectivity index (χ3n) is 8.82. The molecule has 0 bridgehead atoms. The van der Waals surface area contributed by atoms with Crippen LogP contribution < -0.4 is 20.1 Å². The van der Waals surface area contributed by atoms with Gasteiger partial charge in [0, 0.05) is 17.2 Å². The van der Waals surface area contributed by atoms with Crippen LogP contribution in [0, 0.1) is 5.41 Å². The molecule has 18 heteroatoms. The number of nitrogens with one attached hydrogen (secondary N) is 3. The summed E-state index contributed by atoms with van der Waals surface area (Å²) in [6, 6.07) is 4.86. The van der Waals surface area contributed by atoms with E-state index in [-0.39, 0.29) is 25.3 Å². The Hall–Kier alpha value is -5.13. The maximum atomic E-state index is 14.5. The predicted molar refractivity (Wildman–Crippen MR) is 193 cm³/mol. The van der Waals surface area contributed by atoms with Crippen molar-refractivity contribution < 1.29 is 37.1 Å². The molecule has 2 aliphatic rings. The molecule has 4 atom stereocenters. The van der Waals surface area contributed by atoms with Gasteiger partial charge in [-0.05, 0) is 58.4 Å². The average molecular weight is 754 g/mol. The zero-order chi connectivity index (χ0) is 38.9. The molecule has 1 aromatic carbocycles. The van der Waals surface area contributed by atoms with Crippen LogP contribution in [0.15, 0.2) is 49.6 Å². The third-order valence-corrected chi connectivity index (χ3v) is 10.6. The number of nitrogens with zero attached hydrogens (tertiary/aromatic N) is 6. The van der Waals surface area contributed by atoms with Gasteiger partial charge in [-0.25, -0.2) is 22.9 Å². The molecule has 0 unspecified atom stereocenters. The number of rotatable bonds is 12. The lowest BCUT2D eigenvalue weighted by molar-refractivity contribution is -0.143. The molecule has 17 nitrogen and oxygen atoms in total. The fourth-order valence-electron chi connectivity index (χ4n) is 5.96. The topological polar surface area (TPSA) is 217 Å². The Labute approximate surface area is 308 Å². The minimum atomic E-state index is -3.94. The highest BCUT2D eigenvalue weighted by Gasteiger charge is 2.49. The lowest BCUT2D eigenvalue weighted by Crippen LogP contribution is -2.62. The molecule has 53 heavy (non-hydrogen) atoms. The largest absolute Gasteiger partial charge is 0.471 e. The van der Waals surface area contributed by atoms with Crippen LogP contribution in [0.3, 0.4) is 0 Å². The first-order valence-electron chi connectivity index (χ1n) is 17.3. The summed E-state index contributed by atoms with van der Waals surface area (Å²) in [7, 11) is -3.94. The summed E-state index contributed by atoms with van der Waals surface area (Å²) < 4.78 is 40.8. The zero-order valence-electron chi connectivity index (χ0n) is 31.0. The molecule has 286 valence electrons. The van der Waals surface area contributed by atoms with Crippen molar-refractivity contribution in [2.45, 2.75) is 109 Å². The summed E-state index contributed by atoms with van der Waals surface area (Å²) in [6.07, 6.45) is 3.32. The summed E-state index contributed by atoms with van der Waals surface area (Å²) in [5.74, 6) is -1.72. The molecule has 0 spiro atoms. The van der Waals surface area contributed by atoms with E-state index in [1.807, 2.05) is 12.1 Å². The van der Waals surface area contributed by atoms with Gasteiger partial charge in [-0.15, -0.1) is 16.8 Å². The van der Waals surface area contributed by atoms with Crippen LogP contribution >= 0.6 is 0 Å². The van der Waals surface area contributed by atoms with E-state index in [9.17, 15) is 27.6 Å². The van der Waals surface area contributed by atoms with E-state index < -0.39 is 73.8 Å². The second kappa shape index (κ2) is 14.7. The van der Waals surface area contributed by atoms with Crippen LogP contribution in [0.25, 0.3) is 16.6 Å². The van der Waals surface area contributed by atoms with Gasteiger partial charge in [0.2, 0.25) is 27.7 Å². The van der Waals surface area contributed by atoms with E-state index in [4.69, 9.17) is 9.47 Å². The maximum absolute atomic E-state index is 14.5. The first-order chi connectivity index (χ1) is 24.7. The highest BCUT2D eigenvalue weighted by atomic mass is 32.2. The van der Waals surface area contributed by atoms with Crippen molar-refractivity contribution >= 4 is 44.6 Å². The summed E-state index contributed by atoms with van der Waals surface area (Å²) >= 11 is 0. The van der Waals surface area contributed by atoms with Gasteiger partial charge in [0.15, 0.2) is 5.82 Å². The number of likely N-dealkylation sites (tertiary alicyclic amines) is 1. The van der Waals surface area contributed by atoms with Gasteiger partial charge in [0.1, 0.15) is 42.0 Å². The van der Waals surface area contributed by atoms with Gasteiger partial charge in [-0.3, -0.25) is 19.1 Å². The first kappa shape index (κ1) is 39.1. The van der Waals surface area contributed by atoms with Gasteiger partial charge in [-0.1, -0.05) is 45.0 Å². The lowest BCUT2D eigenvalue weighted by Gasteiger charge is -2.36. The molecule has 3 aromatic rings. The number of fused-ring (bicyclic) bond motifs is 1. The van der Waals surface area contributed by atoms with Gasteiger partial charge >= 0.3 is 6.09 Å². The van der Waals surface area contributed by atoms with Crippen LogP contribution in [0.4, 0.5) is 4.79 Å². The van der Waals surface area contributed by atoms with Gasteiger partial charge in [0.25, 0.3) is 5.91 Å². The minimum absolute atomic E-state index is 0.0477. The standard InChI is InChI=1S/C35H47N9O8S/c1-9-16-35(8,31(47)42-53(49,50)22-14-15-22)39-28(45)25-17-21(18-43(25)30(46)26(33(2,3)4)38-32(48)52-34(5,6)7)51-29-24-13-11-10-12-23(24)27(40-41-29)44-20-36-19-37-44/h9-13,19-22,25-26H,1,14-18H2,2-8H3,(H,38,48)(H,39,45)(H,42,47)/t21-,25+,26-,35+/m1/s1. The summed E-state index contributed by atoms with van der Waals surface area (Å²) in [6.45, 7) is 15.3. The van der Waals surface area contributed by atoms with E-state index in [0.29, 0.717) is 29.4 Å². The molecule has 4 amide bonds. The second-order valence-corrected chi connectivity index (χ2v) is 17.6. The monoisotopic (exact) mass is 753 g/mol. The Morgan fingerprint density at radius 1 is 1.04 bits per heavy atom. The van der Waals surface area contributed by atoms with Crippen molar-refractivity contribution in [1.82, 2.24) is 45.2 Å². The molecule has 1 saturated carbocycles. The number of amides is 4. The smallest absolute Gasteiger partial charge is 0.408 e. The van der Waals surface area contributed by atoms with Crippen LogP contribution in [0.5, 0.6) is 5.88 Å². The van der Waals surface area contributed by atoms with Crippen molar-refractivity contribution in [3.8, 4) is 11.7 Å². The number of carbonyl (C=O) groups excluding carboxylic acids is 4. The number of aromatic nitrogens is 5. The van der Waals surface area contributed by atoms with E-state index in [1.54, 1.807) is 53.7 Å². The van der Waals surface area contributed by atoms with E-state index >= 15 is 0 Å². The van der Waals surface area contributed by atoms with Crippen molar-refractivity contribution in [2.75, 3.05) is 6.54 Å². The molecule has 2 fully saturated rings. The number of ether oxygens (including phenoxy) is 2. The van der Waals surface area contributed by atoms with Crippen LogP contribution in [0.1, 0.15) is 74.1 Å². The molecule has 3 heterocycles. The van der Waals surface area contributed by atoms with Gasteiger partial charge < -0.3 is 25.0 Å². The molecule has 1 aliphatic carbocycles.